The van der Waals surface area contributed by atoms with Gasteiger partial charge in [0.05, 0.1) is 6.20 Å². The molecule has 0 spiro atoms. The Morgan fingerprint density at radius 3 is 2.50 bits per heavy atom. The average Bonchev–Trinajstić information content (AvgIpc) is 2.22. The van der Waals surface area contributed by atoms with Crippen molar-refractivity contribution in [3.05, 3.63) is 41.8 Å². The van der Waals surface area contributed by atoms with Gasteiger partial charge in [-0.25, -0.2) is 23.1 Å². The van der Waals surface area contributed by atoms with Gasteiger partial charge in [0.1, 0.15) is 17.3 Å². The third-order valence-electron chi connectivity index (χ3n) is 1.95. The van der Waals surface area contributed by atoms with E-state index in [2.05, 4.69) is 9.97 Å². The molecule has 0 amide bonds. The van der Waals surface area contributed by atoms with E-state index in [0.29, 0.717) is 6.07 Å². The molecule has 0 unspecified atom stereocenters. The van der Waals surface area contributed by atoms with Gasteiger partial charge in [-0.2, -0.15) is 0 Å². The SMILES string of the molecule is Nc1ncc(F)c(-c2ccc(F)cc2F)n1. The van der Waals surface area contributed by atoms with Crippen molar-refractivity contribution in [2.75, 3.05) is 5.73 Å². The molecule has 0 aliphatic heterocycles. The van der Waals surface area contributed by atoms with Crippen LogP contribution in [0, 0.1) is 17.5 Å². The Bertz CT molecular complexity index is 543. The fraction of sp³-hybridized carbons (Fsp3) is 0. The Morgan fingerprint density at radius 1 is 1.06 bits per heavy atom. The Labute approximate surface area is 88.8 Å². The summed E-state index contributed by atoms with van der Waals surface area (Å²) in [5, 5.41) is 0. The van der Waals surface area contributed by atoms with Crippen LogP contribution >= 0.6 is 0 Å². The number of aromatic nitrogens is 2. The number of hydrogen-bond acceptors (Lipinski definition) is 3. The van der Waals surface area contributed by atoms with E-state index < -0.39 is 17.5 Å². The first kappa shape index (κ1) is 10.4. The standard InChI is InChI=1S/C10H6F3N3/c11-5-1-2-6(7(12)3-5)9-8(13)4-15-10(14)16-9/h1-4H,(H2,14,15,16). The fourth-order valence-electron chi connectivity index (χ4n) is 1.25. The number of rotatable bonds is 1. The number of benzene rings is 1. The van der Waals surface area contributed by atoms with Gasteiger partial charge in [-0.15, -0.1) is 0 Å². The maximum absolute atomic E-state index is 13.3. The molecule has 6 heteroatoms. The largest absolute Gasteiger partial charge is 0.368 e. The third-order valence-corrected chi connectivity index (χ3v) is 1.95. The lowest BCUT2D eigenvalue weighted by atomic mass is 10.1. The summed E-state index contributed by atoms with van der Waals surface area (Å²) >= 11 is 0. The summed E-state index contributed by atoms with van der Waals surface area (Å²) < 4.78 is 39.3. The second-order valence-corrected chi connectivity index (χ2v) is 3.05. The predicted octanol–water partition coefficient (Wildman–Crippen LogP) is 2.14. The van der Waals surface area contributed by atoms with Crippen LogP contribution in [-0.4, -0.2) is 9.97 Å². The predicted molar refractivity (Wildman–Crippen MR) is 51.8 cm³/mol. The van der Waals surface area contributed by atoms with Crippen LogP contribution in [0.15, 0.2) is 24.4 Å². The molecule has 1 aromatic heterocycles. The van der Waals surface area contributed by atoms with Crippen molar-refractivity contribution in [2.24, 2.45) is 0 Å². The van der Waals surface area contributed by atoms with Crippen molar-refractivity contribution < 1.29 is 13.2 Å². The molecule has 0 saturated carbocycles. The minimum atomic E-state index is -0.906. The highest BCUT2D eigenvalue weighted by molar-refractivity contribution is 5.61. The highest BCUT2D eigenvalue weighted by atomic mass is 19.1. The molecule has 2 N–H and O–H groups in total. The van der Waals surface area contributed by atoms with Gasteiger partial charge < -0.3 is 5.73 Å². The van der Waals surface area contributed by atoms with Crippen LogP contribution in [0.5, 0.6) is 0 Å². The number of anilines is 1. The van der Waals surface area contributed by atoms with Gasteiger partial charge in [0.15, 0.2) is 5.82 Å². The van der Waals surface area contributed by atoms with Crippen LogP contribution in [0.25, 0.3) is 11.3 Å². The smallest absolute Gasteiger partial charge is 0.220 e. The average molecular weight is 225 g/mol. The number of nitrogen functional groups attached to an aromatic ring is 1. The normalized spacial score (nSPS) is 10.4. The molecule has 1 aromatic carbocycles. The minimum Gasteiger partial charge on any atom is -0.368 e. The Kier molecular flexibility index (Phi) is 2.47. The van der Waals surface area contributed by atoms with Gasteiger partial charge in [0, 0.05) is 11.6 Å². The lowest BCUT2D eigenvalue weighted by Crippen LogP contribution is -2.00. The quantitative estimate of drug-likeness (QED) is 0.808. The van der Waals surface area contributed by atoms with Gasteiger partial charge in [-0.05, 0) is 12.1 Å². The molecule has 0 radical (unpaired) electrons. The lowest BCUT2D eigenvalue weighted by Gasteiger charge is -2.04. The molecular weight excluding hydrogens is 219 g/mol. The van der Waals surface area contributed by atoms with Crippen LogP contribution in [0.2, 0.25) is 0 Å². The number of hydrogen-bond donors (Lipinski definition) is 1. The van der Waals surface area contributed by atoms with E-state index in [1.54, 1.807) is 0 Å². The molecule has 0 bridgehead atoms. The van der Waals surface area contributed by atoms with Crippen molar-refractivity contribution >= 4 is 5.95 Å². The Morgan fingerprint density at radius 2 is 1.81 bits per heavy atom. The number of nitrogens with two attached hydrogens (primary N) is 1. The van der Waals surface area contributed by atoms with Crippen LogP contribution in [-0.2, 0) is 0 Å². The van der Waals surface area contributed by atoms with Gasteiger partial charge in [0.2, 0.25) is 5.95 Å². The van der Waals surface area contributed by atoms with Crippen molar-refractivity contribution in [3.8, 4) is 11.3 Å². The number of nitrogens with zero attached hydrogens (tertiary/aromatic N) is 2. The summed E-state index contributed by atoms with van der Waals surface area (Å²) in [4.78, 5) is 6.97. The summed E-state index contributed by atoms with van der Waals surface area (Å²) in [6.07, 6.45) is 0.834. The van der Waals surface area contributed by atoms with Gasteiger partial charge in [-0.3, -0.25) is 0 Å². The van der Waals surface area contributed by atoms with Crippen LogP contribution in [0.4, 0.5) is 19.1 Å². The first-order chi connectivity index (χ1) is 7.58. The maximum Gasteiger partial charge on any atom is 0.220 e. The zero-order valence-electron chi connectivity index (χ0n) is 7.92. The molecule has 1 heterocycles. The molecule has 0 aliphatic rings. The first-order valence-electron chi connectivity index (χ1n) is 4.31. The van der Waals surface area contributed by atoms with E-state index >= 15 is 0 Å². The highest BCUT2D eigenvalue weighted by Gasteiger charge is 2.13. The molecule has 16 heavy (non-hydrogen) atoms. The van der Waals surface area contributed by atoms with Crippen molar-refractivity contribution in [2.45, 2.75) is 0 Å². The van der Waals surface area contributed by atoms with Crippen molar-refractivity contribution in [1.82, 2.24) is 9.97 Å². The maximum atomic E-state index is 13.3. The molecule has 0 atom stereocenters. The van der Waals surface area contributed by atoms with Crippen LogP contribution in [0.3, 0.4) is 0 Å². The molecular formula is C10H6F3N3. The Balaban J connectivity index is 2.62. The van der Waals surface area contributed by atoms with Crippen LogP contribution < -0.4 is 5.73 Å². The molecule has 0 saturated heterocycles. The molecule has 2 rings (SSSR count). The topological polar surface area (TPSA) is 51.8 Å². The summed E-state index contributed by atoms with van der Waals surface area (Å²) in [5.41, 5.74) is 4.81. The summed E-state index contributed by atoms with van der Waals surface area (Å²) in [6, 6.07) is 2.75. The van der Waals surface area contributed by atoms with E-state index in [1.165, 1.54) is 0 Å². The van der Waals surface area contributed by atoms with E-state index in [-0.39, 0.29) is 17.2 Å². The second kappa shape index (κ2) is 3.80. The molecule has 2 aromatic rings. The Hall–Kier alpha value is -2.11. The van der Waals surface area contributed by atoms with Crippen LogP contribution in [0.1, 0.15) is 0 Å². The molecule has 3 nitrogen and oxygen atoms in total. The van der Waals surface area contributed by atoms with E-state index in [1.807, 2.05) is 0 Å². The van der Waals surface area contributed by atoms with Gasteiger partial charge in [-0.1, -0.05) is 0 Å². The minimum absolute atomic E-state index is 0.159. The summed E-state index contributed by atoms with van der Waals surface area (Å²) in [6.45, 7) is 0. The third kappa shape index (κ3) is 1.81. The van der Waals surface area contributed by atoms with Crippen molar-refractivity contribution in [3.63, 3.8) is 0 Å². The highest BCUT2D eigenvalue weighted by Crippen LogP contribution is 2.24. The van der Waals surface area contributed by atoms with Crippen molar-refractivity contribution in [1.29, 1.82) is 0 Å². The zero-order chi connectivity index (χ0) is 11.7. The number of halogens is 3. The van der Waals surface area contributed by atoms with Gasteiger partial charge in [0.25, 0.3) is 0 Å². The lowest BCUT2D eigenvalue weighted by molar-refractivity contribution is 0.580. The molecule has 82 valence electrons. The molecule has 0 aliphatic carbocycles. The first-order valence-corrected chi connectivity index (χ1v) is 4.31. The fourth-order valence-corrected chi connectivity index (χ4v) is 1.25. The summed E-state index contributed by atoms with van der Waals surface area (Å²) in [5.74, 6) is -2.65. The van der Waals surface area contributed by atoms with E-state index in [4.69, 9.17) is 5.73 Å². The van der Waals surface area contributed by atoms with E-state index in [0.717, 1.165) is 18.3 Å². The summed E-state index contributed by atoms with van der Waals surface area (Å²) in [7, 11) is 0. The van der Waals surface area contributed by atoms with E-state index in [9.17, 15) is 13.2 Å². The van der Waals surface area contributed by atoms with Gasteiger partial charge >= 0.3 is 0 Å². The molecule has 0 fully saturated rings. The zero-order valence-corrected chi connectivity index (χ0v) is 7.92. The monoisotopic (exact) mass is 225 g/mol. The second-order valence-electron chi connectivity index (χ2n) is 3.05.